The zero-order valence-electron chi connectivity index (χ0n) is 7.87. The molecule has 1 atom stereocenters. The highest BCUT2D eigenvalue weighted by molar-refractivity contribution is 5.96. The molecule has 0 aromatic rings. The molecule has 13 heavy (non-hydrogen) atoms. The summed E-state index contributed by atoms with van der Waals surface area (Å²) in [6.45, 7) is 6.87. The molecule has 0 aliphatic heterocycles. The third kappa shape index (κ3) is 3.72. The average molecular weight is 182 g/mol. The van der Waals surface area contributed by atoms with E-state index in [2.05, 4.69) is 11.9 Å². The number of nitrogens with zero attached hydrogens (tertiary/aromatic N) is 1. The van der Waals surface area contributed by atoms with Gasteiger partial charge in [0.1, 0.15) is 11.6 Å². The molecule has 1 unspecified atom stereocenters. The fourth-order valence-electron chi connectivity index (χ4n) is 0.729. The minimum atomic E-state index is -0.518. The van der Waals surface area contributed by atoms with E-state index in [1.54, 1.807) is 6.07 Å². The van der Waals surface area contributed by atoms with Gasteiger partial charge >= 0.3 is 0 Å². The lowest BCUT2D eigenvalue weighted by Gasteiger charge is -2.19. The van der Waals surface area contributed by atoms with Crippen LogP contribution in [0.15, 0.2) is 12.2 Å². The summed E-state index contributed by atoms with van der Waals surface area (Å²) in [4.78, 5) is 11.1. The van der Waals surface area contributed by atoms with Crippen molar-refractivity contribution >= 4 is 5.91 Å². The van der Waals surface area contributed by atoms with E-state index in [0.717, 1.165) is 0 Å². The molecule has 1 amide bonds. The Morgan fingerprint density at radius 2 is 2.23 bits per heavy atom. The molecule has 0 aliphatic carbocycles. The van der Waals surface area contributed by atoms with E-state index >= 15 is 0 Å². The van der Waals surface area contributed by atoms with E-state index in [0.29, 0.717) is 0 Å². The standard InChI is InChI=1S/C9H14N2O2/c1-6(2)8(5-12)11-9(13)7(3)4-10/h6,8,12H,3,5H2,1-2H3,(H,11,13). The highest BCUT2D eigenvalue weighted by Gasteiger charge is 2.16. The van der Waals surface area contributed by atoms with E-state index < -0.39 is 5.91 Å². The molecule has 0 aromatic heterocycles. The normalized spacial score (nSPS) is 11.9. The Morgan fingerprint density at radius 3 is 2.54 bits per heavy atom. The second-order valence-corrected chi connectivity index (χ2v) is 3.10. The van der Waals surface area contributed by atoms with Crippen molar-refractivity contribution in [3.63, 3.8) is 0 Å². The largest absolute Gasteiger partial charge is 0.394 e. The van der Waals surface area contributed by atoms with Gasteiger partial charge in [0, 0.05) is 0 Å². The second kappa shape index (κ2) is 5.33. The molecule has 72 valence electrons. The number of carbonyl (C=O) groups is 1. The van der Waals surface area contributed by atoms with Crippen LogP contribution in [-0.2, 0) is 4.79 Å². The SMILES string of the molecule is C=C(C#N)C(=O)NC(CO)C(C)C. The van der Waals surface area contributed by atoms with E-state index in [1.807, 2.05) is 13.8 Å². The van der Waals surface area contributed by atoms with Gasteiger partial charge in [-0.25, -0.2) is 0 Å². The van der Waals surface area contributed by atoms with Crippen LogP contribution in [0.4, 0.5) is 0 Å². The van der Waals surface area contributed by atoms with Gasteiger partial charge in [0.25, 0.3) is 5.91 Å². The van der Waals surface area contributed by atoms with Gasteiger partial charge in [0.2, 0.25) is 0 Å². The first-order valence-corrected chi connectivity index (χ1v) is 4.03. The lowest BCUT2D eigenvalue weighted by molar-refractivity contribution is -0.118. The minimum Gasteiger partial charge on any atom is -0.394 e. The summed E-state index contributed by atoms with van der Waals surface area (Å²) in [6, 6.07) is 1.32. The summed E-state index contributed by atoms with van der Waals surface area (Å²) in [6.07, 6.45) is 0. The lowest BCUT2D eigenvalue weighted by atomic mass is 10.1. The van der Waals surface area contributed by atoms with Gasteiger partial charge < -0.3 is 10.4 Å². The number of carbonyl (C=O) groups excluding carboxylic acids is 1. The Balaban J connectivity index is 4.19. The molecule has 0 fully saturated rings. The van der Waals surface area contributed by atoms with E-state index in [9.17, 15) is 4.79 Å². The van der Waals surface area contributed by atoms with Gasteiger partial charge in [0.15, 0.2) is 0 Å². The molecule has 0 rings (SSSR count). The summed E-state index contributed by atoms with van der Waals surface area (Å²) >= 11 is 0. The second-order valence-electron chi connectivity index (χ2n) is 3.10. The Labute approximate surface area is 77.9 Å². The van der Waals surface area contributed by atoms with Crippen molar-refractivity contribution in [1.29, 1.82) is 5.26 Å². The van der Waals surface area contributed by atoms with Crippen molar-refractivity contribution in [2.75, 3.05) is 6.61 Å². The van der Waals surface area contributed by atoms with Crippen LogP contribution in [0.3, 0.4) is 0 Å². The number of nitrogens with one attached hydrogen (secondary N) is 1. The first kappa shape index (κ1) is 11.7. The zero-order chi connectivity index (χ0) is 10.4. The highest BCUT2D eigenvalue weighted by atomic mass is 16.3. The third-order valence-electron chi connectivity index (χ3n) is 1.73. The maximum absolute atomic E-state index is 11.1. The van der Waals surface area contributed by atoms with Crippen molar-refractivity contribution in [2.24, 2.45) is 5.92 Å². The minimum absolute atomic E-state index is 0.125. The molecule has 0 saturated carbocycles. The van der Waals surface area contributed by atoms with Crippen molar-refractivity contribution < 1.29 is 9.90 Å². The van der Waals surface area contributed by atoms with Gasteiger partial charge in [-0.1, -0.05) is 20.4 Å². The van der Waals surface area contributed by atoms with Gasteiger partial charge in [0.05, 0.1) is 12.6 Å². The van der Waals surface area contributed by atoms with Crippen LogP contribution < -0.4 is 5.32 Å². The highest BCUT2D eigenvalue weighted by Crippen LogP contribution is 2.01. The third-order valence-corrected chi connectivity index (χ3v) is 1.73. The fourth-order valence-corrected chi connectivity index (χ4v) is 0.729. The first-order chi connectivity index (χ1) is 6.02. The van der Waals surface area contributed by atoms with Crippen LogP contribution in [0.1, 0.15) is 13.8 Å². The molecule has 0 radical (unpaired) electrons. The molecule has 0 saturated heterocycles. The monoisotopic (exact) mass is 182 g/mol. The van der Waals surface area contributed by atoms with Gasteiger partial charge in [-0.3, -0.25) is 4.79 Å². The number of aliphatic hydroxyl groups is 1. The van der Waals surface area contributed by atoms with Crippen LogP contribution in [0, 0.1) is 17.2 Å². The van der Waals surface area contributed by atoms with Crippen molar-refractivity contribution in [3.05, 3.63) is 12.2 Å². The predicted octanol–water partition coefficient (Wildman–Crippen LogP) is 0.199. The Hall–Kier alpha value is -1.34. The molecule has 0 aliphatic rings. The number of amides is 1. The predicted molar refractivity (Wildman–Crippen MR) is 48.6 cm³/mol. The molecular weight excluding hydrogens is 168 g/mol. The van der Waals surface area contributed by atoms with E-state index in [1.165, 1.54) is 0 Å². The molecule has 0 aromatic carbocycles. The van der Waals surface area contributed by atoms with Crippen molar-refractivity contribution in [2.45, 2.75) is 19.9 Å². The maximum Gasteiger partial charge on any atom is 0.261 e. The quantitative estimate of drug-likeness (QED) is 0.482. The Morgan fingerprint density at radius 1 is 1.69 bits per heavy atom. The molecule has 0 spiro atoms. The molecular formula is C9H14N2O2. The van der Waals surface area contributed by atoms with Crippen LogP contribution in [0.5, 0.6) is 0 Å². The summed E-state index contributed by atoms with van der Waals surface area (Å²) in [5.74, 6) is -0.393. The molecule has 0 heterocycles. The van der Waals surface area contributed by atoms with Crippen LogP contribution in [0.2, 0.25) is 0 Å². The number of hydrogen-bond acceptors (Lipinski definition) is 3. The molecule has 0 bridgehead atoms. The number of aliphatic hydroxyl groups excluding tert-OH is 1. The number of rotatable bonds is 4. The molecule has 4 nitrogen and oxygen atoms in total. The van der Waals surface area contributed by atoms with E-state index in [4.69, 9.17) is 10.4 Å². The van der Waals surface area contributed by atoms with Crippen LogP contribution >= 0.6 is 0 Å². The Kier molecular flexibility index (Phi) is 4.78. The summed E-state index contributed by atoms with van der Waals surface area (Å²) < 4.78 is 0. The topological polar surface area (TPSA) is 73.1 Å². The fraction of sp³-hybridized carbons (Fsp3) is 0.556. The van der Waals surface area contributed by atoms with Gasteiger partial charge in [-0.05, 0) is 5.92 Å². The van der Waals surface area contributed by atoms with Crippen molar-refractivity contribution in [3.8, 4) is 6.07 Å². The smallest absolute Gasteiger partial charge is 0.261 e. The zero-order valence-corrected chi connectivity index (χ0v) is 7.87. The first-order valence-electron chi connectivity index (χ1n) is 4.03. The maximum atomic E-state index is 11.1. The number of hydrogen-bond donors (Lipinski definition) is 2. The Bertz CT molecular complexity index is 240. The number of nitriles is 1. The van der Waals surface area contributed by atoms with Crippen LogP contribution in [-0.4, -0.2) is 23.7 Å². The summed E-state index contributed by atoms with van der Waals surface area (Å²) in [5, 5.41) is 19.7. The van der Waals surface area contributed by atoms with Crippen LogP contribution in [0.25, 0.3) is 0 Å². The van der Waals surface area contributed by atoms with Gasteiger partial charge in [-0.15, -0.1) is 0 Å². The summed E-state index contributed by atoms with van der Waals surface area (Å²) in [7, 11) is 0. The van der Waals surface area contributed by atoms with Crippen molar-refractivity contribution in [1.82, 2.24) is 5.32 Å². The average Bonchev–Trinajstić information content (AvgIpc) is 2.11. The van der Waals surface area contributed by atoms with Gasteiger partial charge in [-0.2, -0.15) is 5.26 Å². The molecule has 2 N–H and O–H groups in total. The molecule has 4 heteroatoms. The lowest BCUT2D eigenvalue weighted by Crippen LogP contribution is -2.41. The van der Waals surface area contributed by atoms with E-state index in [-0.39, 0.29) is 24.1 Å². The summed E-state index contributed by atoms with van der Waals surface area (Å²) in [5.41, 5.74) is -0.140.